The van der Waals surface area contributed by atoms with Gasteiger partial charge in [-0.2, -0.15) is 18.3 Å². The second kappa shape index (κ2) is 9.75. The fourth-order valence-electron chi connectivity index (χ4n) is 4.83. The average molecular weight is 517 g/mol. The van der Waals surface area contributed by atoms with Crippen molar-refractivity contribution in [3.63, 3.8) is 0 Å². The van der Waals surface area contributed by atoms with Crippen molar-refractivity contribution in [2.24, 2.45) is 0 Å². The first kappa shape index (κ1) is 25.2. The molecule has 196 valence electrons. The predicted octanol–water partition coefficient (Wildman–Crippen LogP) is 4.33. The van der Waals surface area contributed by atoms with E-state index < -0.39 is 17.3 Å². The first-order valence-electron chi connectivity index (χ1n) is 12.1. The fourth-order valence-corrected chi connectivity index (χ4v) is 4.83. The zero-order valence-electron chi connectivity index (χ0n) is 20.2. The molecule has 9 nitrogen and oxygen atoms in total. The Kier molecular flexibility index (Phi) is 6.63. The molecule has 2 N–H and O–H groups in total. The lowest BCUT2D eigenvalue weighted by molar-refractivity contribution is -0.137. The minimum atomic E-state index is -4.66. The van der Waals surface area contributed by atoms with Crippen molar-refractivity contribution in [1.29, 1.82) is 0 Å². The molecule has 37 heavy (non-hydrogen) atoms. The van der Waals surface area contributed by atoms with E-state index in [0.29, 0.717) is 37.4 Å². The Morgan fingerprint density at radius 2 is 2.00 bits per heavy atom. The maximum Gasteiger partial charge on any atom is 0.419 e. The summed E-state index contributed by atoms with van der Waals surface area (Å²) in [7, 11) is 0. The van der Waals surface area contributed by atoms with Crippen LogP contribution in [0.1, 0.15) is 44.2 Å². The van der Waals surface area contributed by atoms with Crippen LogP contribution in [0.2, 0.25) is 0 Å². The number of anilines is 3. The normalized spacial score (nSPS) is 22.8. The molecule has 0 spiro atoms. The SMILES string of the molecule is CC1(O)CCCC(n2cc(-c3nc(Nc4ccc(N5CCOCC5=O)cc4)ncc3C(F)(F)F)cn2)C1. The number of morpholine rings is 1. The molecular formula is C25H27F3N6O3. The Balaban J connectivity index is 1.39. The lowest BCUT2D eigenvalue weighted by atomic mass is 9.83. The Bertz CT molecular complexity index is 1280. The van der Waals surface area contributed by atoms with Gasteiger partial charge in [-0.3, -0.25) is 9.48 Å². The number of ether oxygens (including phenoxy) is 1. The second-order valence-electron chi connectivity index (χ2n) is 9.68. The molecule has 5 rings (SSSR count). The number of alkyl halides is 3. The zero-order chi connectivity index (χ0) is 26.2. The number of aliphatic hydroxyl groups is 1. The molecule has 1 aliphatic carbocycles. The summed E-state index contributed by atoms with van der Waals surface area (Å²) in [6.07, 6.45) is 1.75. The Morgan fingerprint density at radius 1 is 1.22 bits per heavy atom. The average Bonchev–Trinajstić information content (AvgIpc) is 3.34. The molecule has 1 aliphatic heterocycles. The smallest absolute Gasteiger partial charge is 0.390 e. The van der Waals surface area contributed by atoms with E-state index >= 15 is 0 Å². The first-order valence-corrected chi connectivity index (χ1v) is 12.1. The van der Waals surface area contributed by atoms with Crippen molar-refractivity contribution in [2.75, 3.05) is 30.0 Å². The standard InChI is InChI=1S/C25H27F3N6O3/c1-24(36)8-2-3-19(11-24)34-14-16(12-30-34)22-20(25(26,27)28)13-29-23(32-22)31-17-4-6-18(7-5-17)33-9-10-37-15-21(33)35/h4-7,12-14,19,36H,2-3,8-11,15H2,1H3,(H,29,31,32). The van der Waals surface area contributed by atoms with E-state index in [1.54, 1.807) is 47.0 Å². The third-order valence-corrected chi connectivity index (χ3v) is 6.69. The highest BCUT2D eigenvalue weighted by atomic mass is 19.4. The third-order valence-electron chi connectivity index (χ3n) is 6.69. The number of halogens is 3. The van der Waals surface area contributed by atoms with Crippen molar-refractivity contribution in [3.8, 4) is 11.3 Å². The van der Waals surface area contributed by atoms with Gasteiger partial charge in [0.05, 0.1) is 30.1 Å². The summed E-state index contributed by atoms with van der Waals surface area (Å²) >= 11 is 0. The number of aromatic nitrogens is 4. The van der Waals surface area contributed by atoms with Gasteiger partial charge in [0.15, 0.2) is 0 Å². The molecule has 3 heterocycles. The van der Waals surface area contributed by atoms with E-state index in [9.17, 15) is 23.1 Å². The molecule has 1 amide bonds. The van der Waals surface area contributed by atoms with Gasteiger partial charge < -0.3 is 20.1 Å². The maximum absolute atomic E-state index is 13.8. The minimum Gasteiger partial charge on any atom is -0.390 e. The molecule has 0 radical (unpaired) electrons. The number of hydrogen-bond donors (Lipinski definition) is 2. The quantitative estimate of drug-likeness (QED) is 0.520. The molecule has 3 aromatic rings. The highest BCUT2D eigenvalue weighted by Crippen LogP contribution is 2.38. The van der Waals surface area contributed by atoms with Crippen LogP contribution in [0.3, 0.4) is 0 Å². The van der Waals surface area contributed by atoms with Crippen LogP contribution in [0.25, 0.3) is 11.3 Å². The number of nitrogens with one attached hydrogen (secondary N) is 1. The maximum atomic E-state index is 13.8. The monoisotopic (exact) mass is 516 g/mol. The highest BCUT2D eigenvalue weighted by molar-refractivity contribution is 5.95. The highest BCUT2D eigenvalue weighted by Gasteiger charge is 2.36. The largest absolute Gasteiger partial charge is 0.419 e. The van der Waals surface area contributed by atoms with Crippen molar-refractivity contribution < 1.29 is 27.8 Å². The number of carbonyl (C=O) groups excluding carboxylic acids is 1. The third kappa shape index (κ3) is 5.59. The number of carbonyl (C=O) groups is 1. The number of nitrogens with zero attached hydrogens (tertiary/aromatic N) is 5. The van der Waals surface area contributed by atoms with Gasteiger partial charge >= 0.3 is 6.18 Å². The van der Waals surface area contributed by atoms with Gasteiger partial charge in [-0.1, -0.05) is 0 Å². The molecule has 1 saturated carbocycles. The van der Waals surface area contributed by atoms with Gasteiger partial charge in [0.1, 0.15) is 12.2 Å². The summed E-state index contributed by atoms with van der Waals surface area (Å²) in [6, 6.07) is 6.76. The molecule has 2 unspecified atom stereocenters. The van der Waals surface area contributed by atoms with E-state index in [2.05, 4.69) is 20.4 Å². The molecular weight excluding hydrogens is 489 g/mol. The van der Waals surface area contributed by atoms with Crippen LogP contribution in [-0.2, 0) is 15.7 Å². The Hall–Kier alpha value is -3.51. The van der Waals surface area contributed by atoms with E-state index in [0.717, 1.165) is 19.0 Å². The molecule has 12 heteroatoms. The van der Waals surface area contributed by atoms with E-state index in [4.69, 9.17) is 4.74 Å². The molecule has 1 saturated heterocycles. The number of benzene rings is 1. The van der Waals surface area contributed by atoms with Gasteiger partial charge in [0.25, 0.3) is 5.91 Å². The first-order chi connectivity index (χ1) is 17.6. The Morgan fingerprint density at radius 3 is 2.70 bits per heavy atom. The van der Waals surface area contributed by atoms with Crippen LogP contribution in [0.15, 0.2) is 42.9 Å². The van der Waals surface area contributed by atoms with E-state index in [-0.39, 0.29) is 35.8 Å². The molecule has 2 aromatic heterocycles. The molecule has 2 atom stereocenters. The summed E-state index contributed by atoms with van der Waals surface area (Å²) in [4.78, 5) is 21.7. The van der Waals surface area contributed by atoms with Crippen LogP contribution < -0.4 is 10.2 Å². The van der Waals surface area contributed by atoms with Crippen LogP contribution in [0, 0.1) is 0 Å². The summed E-state index contributed by atoms with van der Waals surface area (Å²) in [5, 5.41) is 17.7. The van der Waals surface area contributed by atoms with Gasteiger partial charge in [-0.15, -0.1) is 0 Å². The van der Waals surface area contributed by atoms with Crippen LogP contribution in [0.4, 0.5) is 30.5 Å². The van der Waals surface area contributed by atoms with Crippen molar-refractivity contribution in [1.82, 2.24) is 19.7 Å². The number of hydrogen-bond acceptors (Lipinski definition) is 7. The molecule has 0 bridgehead atoms. The van der Waals surface area contributed by atoms with Gasteiger partial charge in [-0.05, 0) is 56.9 Å². The lowest BCUT2D eigenvalue weighted by Gasteiger charge is -2.33. The van der Waals surface area contributed by atoms with Gasteiger partial charge in [-0.25, -0.2) is 9.97 Å². The summed E-state index contributed by atoms with van der Waals surface area (Å²) in [6.45, 7) is 2.69. The summed E-state index contributed by atoms with van der Waals surface area (Å²) in [5.41, 5.74) is -0.617. The molecule has 1 aromatic carbocycles. The van der Waals surface area contributed by atoms with Crippen LogP contribution in [-0.4, -0.2) is 56.1 Å². The van der Waals surface area contributed by atoms with Gasteiger partial charge in [0, 0.05) is 35.9 Å². The topological polar surface area (TPSA) is 105 Å². The predicted molar refractivity (Wildman–Crippen MR) is 129 cm³/mol. The summed E-state index contributed by atoms with van der Waals surface area (Å²) in [5.74, 6) is -0.147. The second-order valence-corrected chi connectivity index (χ2v) is 9.68. The van der Waals surface area contributed by atoms with Gasteiger partial charge in [0.2, 0.25) is 5.95 Å². The van der Waals surface area contributed by atoms with Crippen molar-refractivity contribution in [3.05, 3.63) is 48.4 Å². The molecule has 2 aliphatic rings. The van der Waals surface area contributed by atoms with Crippen LogP contribution >= 0.6 is 0 Å². The minimum absolute atomic E-state index is 0.00783. The fraction of sp³-hybridized carbons (Fsp3) is 0.440. The van der Waals surface area contributed by atoms with Crippen LogP contribution in [0.5, 0.6) is 0 Å². The van der Waals surface area contributed by atoms with E-state index in [1.165, 1.54) is 6.20 Å². The van der Waals surface area contributed by atoms with E-state index in [1.807, 2.05) is 0 Å². The lowest BCUT2D eigenvalue weighted by Crippen LogP contribution is -2.41. The summed E-state index contributed by atoms with van der Waals surface area (Å²) < 4.78 is 48.2. The zero-order valence-corrected chi connectivity index (χ0v) is 20.2. The van der Waals surface area contributed by atoms with Crippen molar-refractivity contribution >= 4 is 23.2 Å². The van der Waals surface area contributed by atoms with Crippen molar-refractivity contribution in [2.45, 2.75) is 50.4 Å². The Labute approximate surface area is 211 Å². The molecule has 2 fully saturated rings. The number of amides is 1. The number of rotatable bonds is 5.